The minimum atomic E-state index is 0.576. The Balaban J connectivity index is 2.45. The Labute approximate surface area is 112 Å². The topological polar surface area (TPSA) is 73.2 Å². The van der Waals surface area contributed by atoms with Crippen LogP contribution in [0.3, 0.4) is 0 Å². The van der Waals surface area contributed by atoms with Crippen LogP contribution in [0.25, 0.3) is 11.3 Å². The fourth-order valence-corrected chi connectivity index (χ4v) is 2.03. The summed E-state index contributed by atoms with van der Waals surface area (Å²) in [7, 11) is 3.27. The van der Waals surface area contributed by atoms with Crippen molar-refractivity contribution in [2.75, 3.05) is 20.8 Å². The molecule has 0 radical (unpaired) electrons. The number of benzene rings is 1. The van der Waals surface area contributed by atoms with E-state index < -0.39 is 0 Å². The lowest BCUT2D eigenvalue weighted by molar-refractivity contribution is 0.395. The van der Waals surface area contributed by atoms with Gasteiger partial charge in [-0.25, -0.2) is 4.98 Å². The minimum Gasteiger partial charge on any atom is -0.497 e. The van der Waals surface area contributed by atoms with E-state index in [4.69, 9.17) is 15.2 Å². The molecule has 0 atom stereocenters. The van der Waals surface area contributed by atoms with Gasteiger partial charge in [-0.15, -0.1) is 0 Å². The van der Waals surface area contributed by atoms with Gasteiger partial charge in [0.1, 0.15) is 17.3 Å². The van der Waals surface area contributed by atoms with E-state index in [2.05, 4.69) is 9.97 Å². The standard InChI is InChI=1S/C14H19N3O2/c1-9-14(17-13(16-9)6-7-15)11-5-4-10(18-2)8-12(11)19-3/h4-5,8H,6-7,15H2,1-3H3,(H,16,17). The van der Waals surface area contributed by atoms with Crippen molar-refractivity contribution in [1.82, 2.24) is 9.97 Å². The average Bonchev–Trinajstić information content (AvgIpc) is 2.79. The van der Waals surface area contributed by atoms with Crippen molar-refractivity contribution >= 4 is 0 Å². The Morgan fingerprint density at radius 2 is 2.05 bits per heavy atom. The molecule has 1 heterocycles. The van der Waals surface area contributed by atoms with Crippen LogP contribution in [0.15, 0.2) is 18.2 Å². The van der Waals surface area contributed by atoms with Crippen LogP contribution in [0.5, 0.6) is 11.5 Å². The molecule has 2 rings (SSSR count). The summed E-state index contributed by atoms with van der Waals surface area (Å²) < 4.78 is 10.6. The molecule has 102 valence electrons. The number of H-pyrrole nitrogens is 1. The molecule has 19 heavy (non-hydrogen) atoms. The number of aryl methyl sites for hydroxylation is 1. The predicted octanol–water partition coefficient (Wildman–Crippen LogP) is 1.90. The van der Waals surface area contributed by atoms with Crippen LogP contribution in [0.1, 0.15) is 11.5 Å². The third-order valence-corrected chi connectivity index (χ3v) is 2.98. The molecule has 0 amide bonds. The number of ether oxygens (including phenoxy) is 2. The summed E-state index contributed by atoms with van der Waals surface area (Å²) in [5.41, 5.74) is 8.39. The molecule has 5 heteroatoms. The van der Waals surface area contributed by atoms with Crippen molar-refractivity contribution in [1.29, 1.82) is 0 Å². The first-order valence-electron chi connectivity index (χ1n) is 6.17. The molecule has 0 aliphatic carbocycles. The molecule has 0 aliphatic heterocycles. The molecule has 0 aliphatic rings. The maximum Gasteiger partial charge on any atom is 0.132 e. The first-order chi connectivity index (χ1) is 9.19. The average molecular weight is 261 g/mol. The van der Waals surface area contributed by atoms with Crippen LogP contribution in [-0.2, 0) is 6.42 Å². The Morgan fingerprint density at radius 1 is 1.26 bits per heavy atom. The maximum atomic E-state index is 5.55. The summed E-state index contributed by atoms with van der Waals surface area (Å²) in [5, 5.41) is 0. The normalized spacial score (nSPS) is 10.5. The number of imidazole rings is 1. The van der Waals surface area contributed by atoms with Gasteiger partial charge in [0.05, 0.1) is 19.9 Å². The van der Waals surface area contributed by atoms with Crippen LogP contribution < -0.4 is 15.2 Å². The Bertz CT molecular complexity index is 564. The molecule has 5 nitrogen and oxygen atoms in total. The van der Waals surface area contributed by atoms with Gasteiger partial charge in [0.15, 0.2) is 0 Å². The molecule has 2 aromatic rings. The van der Waals surface area contributed by atoms with Gasteiger partial charge >= 0.3 is 0 Å². The largest absolute Gasteiger partial charge is 0.497 e. The van der Waals surface area contributed by atoms with Gasteiger partial charge in [-0.3, -0.25) is 0 Å². The number of hydrogen-bond acceptors (Lipinski definition) is 4. The summed E-state index contributed by atoms with van der Waals surface area (Å²) in [5.74, 6) is 2.40. The smallest absolute Gasteiger partial charge is 0.132 e. The molecule has 0 unspecified atom stereocenters. The lowest BCUT2D eigenvalue weighted by Gasteiger charge is -2.09. The van der Waals surface area contributed by atoms with Crippen molar-refractivity contribution in [3.8, 4) is 22.8 Å². The van der Waals surface area contributed by atoms with E-state index in [1.54, 1.807) is 14.2 Å². The fraction of sp³-hybridized carbons (Fsp3) is 0.357. The van der Waals surface area contributed by atoms with Gasteiger partial charge < -0.3 is 20.2 Å². The fourth-order valence-electron chi connectivity index (χ4n) is 2.03. The monoisotopic (exact) mass is 261 g/mol. The van der Waals surface area contributed by atoms with Gasteiger partial charge in [0.25, 0.3) is 0 Å². The third kappa shape index (κ3) is 2.71. The van der Waals surface area contributed by atoms with Crippen LogP contribution in [0, 0.1) is 6.92 Å². The summed E-state index contributed by atoms with van der Waals surface area (Å²) in [4.78, 5) is 7.82. The second-order valence-electron chi connectivity index (χ2n) is 4.26. The molecule has 3 N–H and O–H groups in total. The zero-order valence-corrected chi connectivity index (χ0v) is 11.5. The number of hydrogen-bond donors (Lipinski definition) is 2. The molecule has 0 saturated heterocycles. The second-order valence-corrected chi connectivity index (χ2v) is 4.26. The van der Waals surface area contributed by atoms with Crippen LogP contribution in [-0.4, -0.2) is 30.7 Å². The second kappa shape index (κ2) is 5.75. The van der Waals surface area contributed by atoms with Gasteiger partial charge in [0.2, 0.25) is 0 Å². The molecule has 0 fully saturated rings. The lowest BCUT2D eigenvalue weighted by atomic mass is 10.1. The van der Waals surface area contributed by atoms with Crippen LogP contribution in [0.2, 0.25) is 0 Å². The highest BCUT2D eigenvalue weighted by Crippen LogP contribution is 2.33. The number of nitrogens with two attached hydrogens (primary N) is 1. The van der Waals surface area contributed by atoms with Gasteiger partial charge in [0, 0.05) is 23.7 Å². The number of methoxy groups -OCH3 is 2. The molecular formula is C14H19N3O2. The number of aromatic nitrogens is 2. The minimum absolute atomic E-state index is 0.576. The predicted molar refractivity (Wildman–Crippen MR) is 74.6 cm³/mol. The van der Waals surface area contributed by atoms with Crippen molar-refractivity contribution in [2.45, 2.75) is 13.3 Å². The first-order valence-corrected chi connectivity index (χ1v) is 6.17. The number of rotatable bonds is 5. The van der Waals surface area contributed by atoms with E-state index in [1.807, 2.05) is 25.1 Å². The summed E-state index contributed by atoms with van der Waals surface area (Å²) in [6, 6.07) is 5.70. The van der Waals surface area contributed by atoms with Crippen LogP contribution >= 0.6 is 0 Å². The Morgan fingerprint density at radius 3 is 2.68 bits per heavy atom. The van der Waals surface area contributed by atoms with Crippen molar-refractivity contribution in [3.05, 3.63) is 29.7 Å². The quantitative estimate of drug-likeness (QED) is 0.862. The third-order valence-electron chi connectivity index (χ3n) is 2.98. The van der Waals surface area contributed by atoms with E-state index in [1.165, 1.54) is 0 Å². The molecule has 0 bridgehead atoms. The maximum absolute atomic E-state index is 5.55. The van der Waals surface area contributed by atoms with Gasteiger partial charge in [-0.05, 0) is 25.6 Å². The summed E-state index contributed by atoms with van der Waals surface area (Å²) in [6.45, 7) is 2.57. The Kier molecular flexibility index (Phi) is 4.06. The van der Waals surface area contributed by atoms with Crippen molar-refractivity contribution in [2.24, 2.45) is 5.73 Å². The zero-order chi connectivity index (χ0) is 13.8. The molecule has 1 aromatic heterocycles. The highest BCUT2D eigenvalue weighted by Gasteiger charge is 2.14. The van der Waals surface area contributed by atoms with Crippen molar-refractivity contribution < 1.29 is 9.47 Å². The summed E-state index contributed by atoms with van der Waals surface area (Å²) in [6.07, 6.45) is 0.735. The van der Waals surface area contributed by atoms with E-state index in [0.29, 0.717) is 6.54 Å². The molecule has 1 aromatic carbocycles. The van der Waals surface area contributed by atoms with E-state index in [9.17, 15) is 0 Å². The van der Waals surface area contributed by atoms with E-state index in [0.717, 1.165) is 40.7 Å². The first kappa shape index (κ1) is 13.4. The van der Waals surface area contributed by atoms with Gasteiger partial charge in [-0.1, -0.05) is 0 Å². The lowest BCUT2D eigenvalue weighted by Crippen LogP contribution is -2.03. The SMILES string of the molecule is COc1ccc(-c2nc(CCN)[nH]c2C)c(OC)c1. The van der Waals surface area contributed by atoms with Crippen LogP contribution in [0.4, 0.5) is 0 Å². The zero-order valence-electron chi connectivity index (χ0n) is 11.5. The van der Waals surface area contributed by atoms with E-state index in [-0.39, 0.29) is 0 Å². The molecule has 0 saturated carbocycles. The highest BCUT2D eigenvalue weighted by molar-refractivity contribution is 5.70. The number of nitrogens with zero attached hydrogens (tertiary/aromatic N) is 1. The number of nitrogens with one attached hydrogen (secondary N) is 1. The highest BCUT2D eigenvalue weighted by atomic mass is 16.5. The number of aromatic amines is 1. The van der Waals surface area contributed by atoms with E-state index >= 15 is 0 Å². The van der Waals surface area contributed by atoms with Gasteiger partial charge in [-0.2, -0.15) is 0 Å². The molecular weight excluding hydrogens is 242 g/mol. The van der Waals surface area contributed by atoms with Crippen molar-refractivity contribution in [3.63, 3.8) is 0 Å². The molecule has 0 spiro atoms. The Hall–Kier alpha value is -2.01. The summed E-state index contributed by atoms with van der Waals surface area (Å²) >= 11 is 0.